The Kier molecular flexibility index (Phi) is 3.31. The van der Waals surface area contributed by atoms with E-state index in [1.807, 2.05) is 16.9 Å². The van der Waals surface area contributed by atoms with Crippen LogP contribution in [0.1, 0.15) is 12.8 Å². The number of benzene rings is 1. The minimum Gasteiger partial charge on any atom is -0.367 e. The van der Waals surface area contributed by atoms with Crippen LogP contribution in [0.4, 0.5) is 5.82 Å². The Balaban J connectivity index is 1.67. The summed E-state index contributed by atoms with van der Waals surface area (Å²) >= 11 is 0. The van der Waals surface area contributed by atoms with Crippen molar-refractivity contribution in [1.82, 2.24) is 19.7 Å². The predicted octanol–water partition coefficient (Wildman–Crippen LogP) is 1.83. The summed E-state index contributed by atoms with van der Waals surface area (Å²) in [4.78, 5) is 8.77. The summed E-state index contributed by atoms with van der Waals surface area (Å²) in [5.41, 5.74) is 0.693. The number of hydrogen-bond donors (Lipinski definition) is 1. The Morgan fingerprint density at radius 2 is 2.12 bits per heavy atom. The van der Waals surface area contributed by atoms with Crippen LogP contribution >= 0.6 is 0 Å². The van der Waals surface area contributed by atoms with Crippen LogP contribution in [-0.4, -0.2) is 41.0 Å². The normalized spacial score (nSPS) is 16.2. The number of sulfone groups is 1. The standard InChI is InChI=1S/C16H17N5O2S/c1-24(22,23)12-3-4-14-13(9-12)15(19-11-18-14)17-10-16(5-6-16)21-8-2-7-20-21/h2-4,7-9,11H,5-6,10H2,1H3,(H,17,18,19). The molecule has 0 aliphatic heterocycles. The molecule has 0 saturated heterocycles. The zero-order valence-corrected chi connectivity index (χ0v) is 14.0. The molecule has 124 valence electrons. The molecule has 0 spiro atoms. The molecule has 0 atom stereocenters. The van der Waals surface area contributed by atoms with Crippen molar-refractivity contribution in [2.75, 3.05) is 18.1 Å². The average Bonchev–Trinajstić information content (AvgIpc) is 3.14. The molecule has 0 amide bonds. The molecule has 2 heterocycles. The van der Waals surface area contributed by atoms with Crippen molar-refractivity contribution < 1.29 is 8.42 Å². The van der Waals surface area contributed by atoms with Gasteiger partial charge in [-0.05, 0) is 37.1 Å². The summed E-state index contributed by atoms with van der Waals surface area (Å²) in [6.07, 6.45) is 8.53. The van der Waals surface area contributed by atoms with Crippen LogP contribution in [-0.2, 0) is 15.4 Å². The van der Waals surface area contributed by atoms with Crippen LogP contribution in [0.2, 0.25) is 0 Å². The molecule has 1 aliphatic carbocycles. The Labute approximate surface area is 139 Å². The van der Waals surface area contributed by atoms with E-state index < -0.39 is 9.84 Å². The predicted molar refractivity (Wildman–Crippen MR) is 90.6 cm³/mol. The van der Waals surface area contributed by atoms with E-state index in [1.54, 1.807) is 24.4 Å². The van der Waals surface area contributed by atoms with Gasteiger partial charge >= 0.3 is 0 Å². The van der Waals surface area contributed by atoms with Gasteiger partial charge in [-0.2, -0.15) is 5.10 Å². The third-order valence-electron chi connectivity index (χ3n) is 4.44. The van der Waals surface area contributed by atoms with Crippen LogP contribution in [0, 0.1) is 0 Å². The lowest BCUT2D eigenvalue weighted by atomic mass is 10.2. The Hall–Kier alpha value is -2.48. The molecule has 0 radical (unpaired) electrons. The molecule has 8 heteroatoms. The van der Waals surface area contributed by atoms with Gasteiger partial charge in [-0.3, -0.25) is 4.68 Å². The Bertz CT molecular complexity index is 994. The molecule has 24 heavy (non-hydrogen) atoms. The first kappa shape index (κ1) is 15.1. The van der Waals surface area contributed by atoms with Gasteiger partial charge in [0.1, 0.15) is 12.1 Å². The van der Waals surface area contributed by atoms with Crippen LogP contribution in [0.3, 0.4) is 0 Å². The lowest BCUT2D eigenvalue weighted by molar-refractivity contribution is 0.453. The molecule has 1 N–H and O–H groups in total. The van der Waals surface area contributed by atoms with Gasteiger partial charge in [0.15, 0.2) is 9.84 Å². The lowest BCUT2D eigenvalue weighted by Gasteiger charge is -2.18. The number of rotatable bonds is 5. The van der Waals surface area contributed by atoms with Crippen molar-refractivity contribution in [1.29, 1.82) is 0 Å². The fourth-order valence-corrected chi connectivity index (χ4v) is 3.48. The zero-order valence-electron chi connectivity index (χ0n) is 13.2. The summed E-state index contributed by atoms with van der Waals surface area (Å²) in [6, 6.07) is 6.82. The molecule has 0 unspecified atom stereocenters. The number of nitrogens with zero attached hydrogens (tertiary/aromatic N) is 4. The van der Waals surface area contributed by atoms with Gasteiger partial charge in [0.25, 0.3) is 0 Å². The molecule has 1 saturated carbocycles. The van der Waals surface area contributed by atoms with E-state index in [4.69, 9.17) is 0 Å². The highest BCUT2D eigenvalue weighted by atomic mass is 32.2. The molecule has 0 bridgehead atoms. The second kappa shape index (κ2) is 5.27. The highest BCUT2D eigenvalue weighted by Crippen LogP contribution is 2.43. The number of hydrogen-bond acceptors (Lipinski definition) is 6. The van der Waals surface area contributed by atoms with E-state index in [0.717, 1.165) is 12.8 Å². The second-order valence-corrected chi connectivity index (χ2v) is 8.22. The second-order valence-electron chi connectivity index (χ2n) is 6.20. The summed E-state index contributed by atoms with van der Waals surface area (Å²) in [6.45, 7) is 0.684. The van der Waals surface area contributed by atoms with Crippen LogP contribution < -0.4 is 5.32 Å². The summed E-state index contributed by atoms with van der Waals surface area (Å²) in [5, 5.41) is 8.39. The largest absolute Gasteiger partial charge is 0.367 e. The van der Waals surface area contributed by atoms with E-state index in [2.05, 4.69) is 20.4 Å². The van der Waals surface area contributed by atoms with Gasteiger partial charge < -0.3 is 5.32 Å². The van der Waals surface area contributed by atoms with E-state index >= 15 is 0 Å². The monoisotopic (exact) mass is 343 g/mol. The average molecular weight is 343 g/mol. The maximum absolute atomic E-state index is 11.8. The van der Waals surface area contributed by atoms with Gasteiger partial charge in [0, 0.05) is 30.6 Å². The van der Waals surface area contributed by atoms with Crippen molar-refractivity contribution in [2.24, 2.45) is 0 Å². The maximum Gasteiger partial charge on any atom is 0.175 e. The van der Waals surface area contributed by atoms with Crippen molar-refractivity contribution in [3.63, 3.8) is 0 Å². The van der Waals surface area contributed by atoms with Gasteiger partial charge in [-0.15, -0.1) is 0 Å². The maximum atomic E-state index is 11.8. The summed E-state index contributed by atoms with van der Waals surface area (Å²) < 4.78 is 25.6. The van der Waals surface area contributed by atoms with Crippen molar-refractivity contribution >= 4 is 26.6 Å². The van der Waals surface area contributed by atoms with E-state index in [9.17, 15) is 8.42 Å². The zero-order chi connectivity index (χ0) is 16.8. The van der Waals surface area contributed by atoms with Crippen molar-refractivity contribution in [2.45, 2.75) is 23.3 Å². The van der Waals surface area contributed by atoms with Crippen LogP contribution in [0.5, 0.6) is 0 Å². The van der Waals surface area contributed by atoms with Gasteiger partial charge in [0.05, 0.1) is 16.0 Å². The number of anilines is 1. The molecule has 2 aromatic heterocycles. The number of fused-ring (bicyclic) bond motifs is 1. The summed E-state index contributed by atoms with van der Waals surface area (Å²) in [5.74, 6) is 0.643. The SMILES string of the molecule is CS(=O)(=O)c1ccc2ncnc(NCC3(n4cccn4)CC3)c2c1. The highest BCUT2D eigenvalue weighted by molar-refractivity contribution is 7.90. The third-order valence-corrected chi connectivity index (χ3v) is 5.55. The molecule has 1 aliphatic rings. The first-order valence-corrected chi connectivity index (χ1v) is 9.56. The minimum absolute atomic E-state index is 0.0186. The fraction of sp³-hybridized carbons (Fsp3) is 0.312. The highest BCUT2D eigenvalue weighted by Gasteiger charge is 2.45. The van der Waals surface area contributed by atoms with E-state index in [1.165, 1.54) is 12.6 Å². The smallest absolute Gasteiger partial charge is 0.175 e. The van der Waals surface area contributed by atoms with Gasteiger partial charge in [0.2, 0.25) is 0 Å². The van der Waals surface area contributed by atoms with E-state index in [-0.39, 0.29) is 10.4 Å². The van der Waals surface area contributed by atoms with Crippen molar-refractivity contribution in [3.8, 4) is 0 Å². The fourth-order valence-electron chi connectivity index (χ4n) is 2.84. The molecular weight excluding hydrogens is 326 g/mol. The molecule has 1 fully saturated rings. The molecule has 1 aromatic carbocycles. The first-order valence-electron chi connectivity index (χ1n) is 7.67. The molecule has 4 rings (SSSR count). The molecular formula is C16H17N5O2S. The summed E-state index contributed by atoms with van der Waals surface area (Å²) in [7, 11) is -3.27. The number of nitrogens with one attached hydrogen (secondary N) is 1. The van der Waals surface area contributed by atoms with Crippen molar-refractivity contribution in [3.05, 3.63) is 43.0 Å². The molecule has 3 aromatic rings. The van der Waals surface area contributed by atoms with Crippen LogP contribution in [0.15, 0.2) is 47.9 Å². The number of aromatic nitrogens is 4. The van der Waals surface area contributed by atoms with E-state index in [0.29, 0.717) is 23.3 Å². The Morgan fingerprint density at radius 3 is 2.79 bits per heavy atom. The topological polar surface area (TPSA) is 89.8 Å². The first-order chi connectivity index (χ1) is 11.5. The van der Waals surface area contributed by atoms with Gasteiger partial charge in [-0.1, -0.05) is 0 Å². The Morgan fingerprint density at radius 1 is 1.29 bits per heavy atom. The quantitative estimate of drug-likeness (QED) is 0.760. The van der Waals surface area contributed by atoms with Crippen LogP contribution in [0.25, 0.3) is 10.9 Å². The third kappa shape index (κ3) is 2.62. The van der Waals surface area contributed by atoms with Gasteiger partial charge in [-0.25, -0.2) is 18.4 Å². The lowest BCUT2D eigenvalue weighted by Crippen LogP contribution is -2.27. The molecule has 7 nitrogen and oxygen atoms in total. The minimum atomic E-state index is -3.27.